The van der Waals surface area contributed by atoms with E-state index in [4.69, 9.17) is 0 Å². The van der Waals surface area contributed by atoms with Crippen LogP contribution in [0.2, 0.25) is 0 Å². The number of benzene rings is 2. The van der Waals surface area contributed by atoms with E-state index in [9.17, 15) is 9.59 Å². The minimum absolute atomic E-state index is 0.0225. The molecule has 1 atom stereocenters. The third-order valence-corrected chi connectivity index (χ3v) is 3.40. The number of hydrogen-bond donors (Lipinski definition) is 3. The Kier molecular flexibility index (Phi) is 5.74. The van der Waals surface area contributed by atoms with Crippen LogP contribution in [0.1, 0.15) is 20.3 Å². The van der Waals surface area contributed by atoms with E-state index in [2.05, 4.69) is 16.0 Å². The van der Waals surface area contributed by atoms with Crippen LogP contribution in [0.5, 0.6) is 0 Å². The van der Waals surface area contributed by atoms with E-state index < -0.39 is 11.8 Å². The number of nitrogens with one attached hydrogen (secondary N) is 3. The topological polar surface area (TPSA) is 70.2 Å². The van der Waals surface area contributed by atoms with Crippen LogP contribution in [0, 0.1) is 0 Å². The fourth-order valence-electron chi connectivity index (χ4n) is 1.90. The molecule has 5 nitrogen and oxygen atoms in total. The lowest BCUT2D eigenvalue weighted by Crippen LogP contribution is -2.40. The molecule has 5 heteroatoms. The van der Waals surface area contributed by atoms with Crippen molar-refractivity contribution in [1.82, 2.24) is 5.32 Å². The van der Waals surface area contributed by atoms with Crippen LogP contribution in [0.4, 0.5) is 17.1 Å². The van der Waals surface area contributed by atoms with Crippen molar-refractivity contribution in [2.45, 2.75) is 26.3 Å². The maximum Gasteiger partial charge on any atom is 0.313 e. The van der Waals surface area contributed by atoms with Gasteiger partial charge in [0.1, 0.15) is 0 Å². The monoisotopic (exact) mass is 311 g/mol. The summed E-state index contributed by atoms with van der Waals surface area (Å²) in [6, 6.07) is 17.0. The van der Waals surface area contributed by atoms with Gasteiger partial charge in [0.15, 0.2) is 0 Å². The first-order valence-electron chi connectivity index (χ1n) is 7.62. The maximum atomic E-state index is 11.8. The molecule has 0 aromatic heterocycles. The lowest BCUT2D eigenvalue weighted by molar-refractivity contribution is -0.136. The second kappa shape index (κ2) is 7.98. The van der Waals surface area contributed by atoms with Gasteiger partial charge in [-0.2, -0.15) is 0 Å². The van der Waals surface area contributed by atoms with Gasteiger partial charge in [-0.3, -0.25) is 9.59 Å². The van der Waals surface area contributed by atoms with Crippen molar-refractivity contribution >= 4 is 28.9 Å². The third kappa shape index (κ3) is 5.14. The molecule has 0 aliphatic carbocycles. The van der Waals surface area contributed by atoms with Crippen molar-refractivity contribution in [3.63, 3.8) is 0 Å². The fourth-order valence-corrected chi connectivity index (χ4v) is 1.90. The van der Waals surface area contributed by atoms with Crippen molar-refractivity contribution in [2.75, 3.05) is 10.6 Å². The largest absolute Gasteiger partial charge is 0.356 e. The summed E-state index contributed by atoms with van der Waals surface area (Å²) < 4.78 is 0. The minimum Gasteiger partial charge on any atom is -0.356 e. The highest BCUT2D eigenvalue weighted by Crippen LogP contribution is 2.18. The number of amides is 2. The summed E-state index contributed by atoms with van der Waals surface area (Å²) in [6.45, 7) is 3.80. The molecule has 0 saturated heterocycles. The average molecular weight is 311 g/mol. The summed E-state index contributed by atoms with van der Waals surface area (Å²) in [5, 5.41) is 8.46. The fraction of sp³-hybridized carbons (Fsp3) is 0.222. The SMILES string of the molecule is CCC(C)NC(=O)C(=O)Nc1ccc(Nc2ccccc2)cc1. The molecule has 0 aliphatic heterocycles. The van der Waals surface area contributed by atoms with Crippen LogP contribution < -0.4 is 16.0 Å². The van der Waals surface area contributed by atoms with Crippen molar-refractivity contribution in [2.24, 2.45) is 0 Å². The summed E-state index contributed by atoms with van der Waals surface area (Å²) in [7, 11) is 0. The highest BCUT2D eigenvalue weighted by Gasteiger charge is 2.15. The van der Waals surface area contributed by atoms with Gasteiger partial charge < -0.3 is 16.0 Å². The smallest absolute Gasteiger partial charge is 0.313 e. The van der Waals surface area contributed by atoms with E-state index in [1.54, 1.807) is 12.1 Å². The van der Waals surface area contributed by atoms with Crippen LogP contribution >= 0.6 is 0 Å². The van der Waals surface area contributed by atoms with Crippen molar-refractivity contribution in [3.05, 3.63) is 54.6 Å². The summed E-state index contributed by atoms with van der Waals surface area (Å²) in [6.07, 6.45) is 0.777. The number of rotatable bonds is 5. The van der Waals surface area contributed by atoms with Gasteiger partial charge in [-0.1, -0.05) is 25.1 Å². The minimum atomic E-state index is -0.658. The van der Waals surface area contributed by atoms with Crippen LogP contribution in [0.3, 0.4) is 0 Å². The summed E-state index contributed by atoms with van der Waals surface area (Å²) in [5.74, 6) is -1.28. The first-order chi connectivity index (χ1) is 11.1. The average Bonchev–Trinajstić information content (AvgIpc) is 2.57. The summed E-state index contributed by atoms with van der Waals surface area (Å²) in [4.78, 5) is 23.5. The molecule has 23 heavy (non-hydrogen) atoms. The summed E-state index contributed by atoms with van der Waals surface area (Å²) in [5.41, 5.74) is 2.46. The van der Waals surface area contributed by atoms with E-state index in [0.29, 0.717) is 5.69 Å². The molecule has 2 aromatic rings. The van der Waals surface area contributed by atoms with Crippen LogP contribution in [0.25, 0.3) is 0 Å². The number of para-hydroxylation sites is 1. The normalized spacial score (nSPS) is 11.4. The van der Waals surface area contributed by atoms with Gasteiger partial charge in [0, 0.05) is 23.1 Å². The Hall–Kier alpha value is -2.82. The standard InChI is InChI=1S/C18H21N3O2/c1-3-13(2)19-17(22)18(23)21-16-11-9-15(10-12-16)20-14-7-5-4-6-8-14/h4-13,20H,3H2,1-2H3,(H,19,22)(H,21,23). The predicted molar refractivity (Wildman–Crippen MR) is 92.7 cm³/mol. The zero-order valence-electron chi connectivity index (χ0n) is 13.3. The predicted octanol–water partition coefficient (Wildman–Crippen LogP) is 3.28. The zero-order valence-corrected chi connectivity index (χ0v) is 13.3. The van der Waals surface area contributed by atoms with Crippen molar-refractivity contribution < 1.29 is 9.59 Å². The highest BCUT2D eigenvalue weighted by molar-refractivity contribution is 6.39. The lowest BCUT2D eigenvalue weighted by atomic mass is 10.2. The van der Waals surface area contributed by atoms with Crippen LogP contribution in [-0.4, -0.2) is 17.9 Å². The van der Waals surface area contributed by atoms with Gasteiger partial charge in [-0.15, -0.1) is 0 Å². The van der Waals surface area contributed by atoms with E-state index in [1.807, 2.05) is 56.3 Å². The van der Waals surface area contributed by atoms with Gasteiger partial charge >= 0.3 is 11.8 Å². The molecule has 2 rings (SSSR count). The second-order valence-electron chi connectivity index (χ2n) is 5.31. The van der Waals surface area contributed by atoms with Gasteiger partial charge in [-0.25, -0.2) is 0 Å². The van der Waals surface area contributed by atoms with E-state index >= 15 is 0 Å². The Balaban J connectivity index is 1.92. The molecule has 2 aromatic carbocycles. The van der Waals surface area contributed by atoms with Gasteiger partial charge in [-0.05, 0) is 49.7 Å². The molecule has 0 bridgehead atoms. The lowest BCUT2D eigenvalue weighted by Gasteiger charge is -2.11. The Bertz CT molecular complexity index is 654. The molecular formula is C18H21N3O2. The Morgan fingerprint density at radius 3 is 2.04 bits per heavy atom. The van der Waals surface area contributed by atoms with Crippen LogP contribution in [0.15, 0.2) is 54.6 Å². The number of hydrogen-bond acceptors (Lipinski definition) is 3. The molecule has 1 unspecified atom stereocenters. The quantitative estimate of drug-likeness (QED) is 0.742. The maximum absolute atomic E-state index is 11.8. The van der Waals surface area contributed by atoms with E-state index in [0.717, 1.165) is 17.8 Å². The Morgan fingerprint density at radius 2 is 1.43 bits per heavy atom. The summed E-state index contributed by atoms with van der Waals surface area (Å²) >= 11 is 0. The van der Waals surface area contributed by atoms with Crippen molar-refractivity contribution in [1.29, 1.82) is 0 Å². The molecule has 2 amide bonds. The second-order valence-corrected chi connectivity index (χ2v) is 5.31. The third-order valence-electron chi connectivity index (χ3n) is 3.40. The number of carbonyl (C=O) groups is 2. The Morgan fingerprint density at radius 1 is 0.870 bits per heavy atom. The molecule has 0 radical (unpaired) electrons. The molecule has 0 heterocycles. The highest BCUT2D eigenvalue weighted by atomic mass is 16.2. The molecule has 120 valence electrons. The van der Waals surface area contributed by atoms with Crippen LogP contribution in [-0.2, 0) is 9.59 Å². The zero-order chi connectivity index (χ0) is 16.7. The van der Waals surface area contributed by atoms with Crippen molar-refractivity contribution in [3.8, 4) is 0 Å². The first kappa shape index (κ1) is 16.5. The van der Waals surface area contributed by atoms with Gasteiger partial charge in [0.05, 0.1) is 0 Å². The molecule has 0 fully saturated rings. The Labute approximate surface area is 136 Å². The van der Waals surface area contributed by atoms with Gasteiger partial charge in [0.25, 0.3) is 0 Å². The first-order valence-corrected chi connectivity index (χ1v) is 7.62. The molecule has 0 spiro atoms. The molecule has 3 N–H and O–H groups in total. The molecular weight excluding hydrogens is 290 g/mol. The van der Waals surface area contributed by atoms with E-state index in [-0.39, 0.29) is 6.04 Å². The number of carbonyl (C=O) groups excluding carboxylic acids is 2. The molecule has 0 aliphatic rings. The number of anilines is 3. The van der Waals surface area contributed by atoms with Gasteiger partial charge in [0.2, 0.25) is 0 Å². The van der Waals surface area contributed by atoms with E-state index in [1.165, 1.54) is 0 Å². The molecule has 0 saturated carbocycles.